The molecule has 2 N–H and O–H groups in total. The van der Waals surface area contributed by atoms with Crippen molar-refractivity contribution in [2.24, 2.45) is 0 Å². The highest BCUT2D eigenvalue weighted by atomic mass is 19.4. The van der Waals surface area contributed by atoms with E-state index in [2.05, 4.69) is 25.6 Å². The zero-order chi connectivity index (χ0) is 20.8. The zero-order valence-electron chi connectivity index (χ0n) is 15.3. The van der Waals surface area contributed by atoms with Crippen LogP contribution in [0, 0.1) is 0 Å². The van der Waals surface area contributed by atoms with Crippen LogP contribution in [-0.4, -0.2) is 31.5 Å². The minimum atomic E-state index is -4.69. The predicted octanol–water partition coefficient (Wildman–Crippen LogP) is 4.82. The number of pyridine rings is 1. The molecule has 0 unspecified atom stereocenters. The maximum absolute atomic E-state index is 13.5. The maximum Gasteiger partial charge on any atom is 0.421 e. The molecule has 3 heterocycles. The molecule has 1 aliphatic carbocycles. The van der Waals surface area contributed by atoms with Gasteiger partial charge in [-0.3, -0.25) is 0 Å². The average Bonchev–Trinajstić information content (AvgIpc) is 3.26. The van der Waals surface area contributed by atoms with Crippen molar-refractivity contribution in [2.45, 2.75) is 44.5 Å². The Morgan fingerprint density at radius 3 is 2.66 bits per heavy atom. The molecular formula is C18H17F5N6. The predicted molar refractivity (Wildman–Crippen MR) is 97.3 cm³/mol. The van der Waals surface area contributed by atoms with Crippen LogP contribution in [0.15, 0.2) is 30.7 Å². The third-order valence-electron chi connectivity index (χ3n) is 4.73. The summed E-state index contributed by atoms with van der Waals surface area (Å²) in [4.78, 5) is 11.9. The van der Waals surface area contributed by atoms with Gasteiger partial charge in [0.15, 0.2) is 0 Å². The van der Waals surface area contributed by atoms with Gasteiger partial charge in [-0.25, -0.2) is 18.7 Å². The third kappa shape index (κ3) is 4.08. The van der Waals surface area contributed by atoms with E-state index in [1.807, 2.05) is 6.92 Å². The molecule has 0 atom stereocenters. The fourth-order valence-electron chi connectivity index (χ4n) is 2.96. The van der Waals surface area contributed by atoms with Gasteiger partial charge in [-0.2, -0.15) is 18.2 Å². The number of nitrogens with zero attached hydrogens (tertiary/aromatic N) is 4. The Labute approximate surface area is 162 Å². The van der Waals surface area contributed by atoms with E-state index in [-0.39, 0.29) is 22.8 Å². The van der Waals surface area contributed by atoms with Gasteiger partial charge in [0.05, 0.1) is 12.2 Å². The van der Waals surface area contributed by atoms with E-state index in [1.54, 1.807) is 12.1 Å². The van der Waals surface area contributed by atoms with Gasteiger partial charge >= 0.3 is 6.18 Å². The van der Waals surface area contributed by atoms with E-state index in [1.165, 1.54) is 17.0 Å². The van der Waals surface area contributed by atoms with Crippen LogP contribution in [0.25, 0.3) is 11.0 Å². The second-order valence-corrected chi connectivity index (χ2v) is 7.23. The number of hydrogen-bond donors (Lipinski definition) is 2. The lowest BCUT2D eigenvalue weighted by molar-refractivity contribution is -0.137. The minimum Gasteiger partial charge on any atom is -0.349 e. The van der Waals surface area contributed by atoms with Crippen LogP contribution in [0.1, 0.15) is 25.3 Å². The maximum atomic E-state index is 13.5. The van der Waals surface area contributed by atoms with Crippen molar-refractivity contribution >= 4 is 28.5 Å². The first kappa shape index (κ1) is 19.3. The number of rotatable bonds is 6. The summed E-state index contributed by atoms with van der Waals surface area (Å²) in [5, 5.41) is 6.07. The molecule has 11 heteroatoms. The molecule has 154 valence electrons. The van der Waals surface area contributed by atoms with Crippen molar-refractivity contribution in [2.75, 3.05) is 10.6 Å². The van der Waals surface area contributed by atoms with Crippen LogP contribution < -0.4 is 10.6 Å². The van der Waals surface area contributed by atoms with Gasteiger partial charge in [0.25, 0.3) is 6.43 Å². The molecule has 0 radical (unpaired) electrons. The Morgan fingerprint density at radius 1 is 1.24 bits per heavy atom. The van der Waals surface area contributed by atoms with Crippen LogP contribution in [0.2, 0.25) is 0 Å². The van der Waals surface area contributed by atoms with Crippen molar-refractivity contribution in [3.63, 3.8) is 0 Å². The van der Waals surface area contributed by atoms with Crippen LogP contribution >= 0.6 is 0 Å². The second-order valence-electron chi connectivity index (χ2n) is 7.23. The number of nitrogens with one attached hydrogen (secondary N) is 2. The van der Waals surface area contributed by atoms with Gasteiger partial charge in [0.2, 0.25) is 5.95 Å². The summed E-state index contributed by atoms with van der Waals surface area (Å²) in [5.74, 6) is -0.394. The molecule has 1 fully saturated rings. The summed E-state index contributed by atoms with van der Waals surface area (Å²) in [6.45, 7) is 1.29. The molecule has 4 rings (SSSR count). The fourth-order valence-corrected chi connectivity index (χ4v) is 2.96. The Balaban J connectivity index is 1.75. The number of hydrogen-bond acceptors (Lipinski definition) is 5. The lowest BCUT2D eigenvalue weighted by atomic mass is 10.2. The molecule has 3 aromatic rings. The van der Waals surface area contributed by atoms with Crippen LogP contribution in [0.4, 0.5) is 39.4 Å². The highest BCUT2D eigenvalue weighted by molar-refractivity contribution is 5.92. The second kappa shape index (κ2) is 6.82. The Kier molecular flexibility index (Phi) is 4.55. The third-order valence-corrected chi connectivity index (χ3v) is 4.73. The number of fused-ring (bicyclic) bond motifs is 1. The molecule has 0 amide bonds. The first-order valence-corrected chi connectivity index (χ1v) is 8.86. The lowest BCUT2D eigenvalue weighted by Gasteiger charge is -2.16. The van der Waals surface area contributed by atoms with Gasteiger partial charge in [0, 0.05) is 29.5 Å². The van der Waals surface area contributed by atoms with E-state index < -0.39 is 30.5 Å². The molecule has 6 nitrogen and oxygen atoms in total. The first-order valence-electron chi connectivity index (χ1n) is 8.86. The minimum absolute atomic E-state index is 0.0648. The molecule has 0 bridgehead atoms. The molecule has 29 heavy (non-hydrogen) atoms. The average molecular weight is 412 g/mol. The van der Waals surface area contributed by atoms with E-state index in [0.717, 1.165) is 12.8 Å². The monoisotopic (exact) mass is 412 g/mol. The van der Waals surface area contributed by atoms with Gasteiger partial charge in [-0.15, -0.1) is 0 Å². The van der Waals surface area contributed by atoms with Crippen molar-refractivity contribution in [1.29, 1.82) is 0 Å². The smallest absolute Gasteiger partial charge is 0.349 e. The van der Waals surface area contributed by atoms with Crippen LogP contribution in [0.3, 0.4) is 0 Å². The number of alkyl halides is 5. The number of aromatic nitrogens is 4. The fraction of sp³-hybridized carbons (Fsp3) is 0.389. The molecule has 1 aliphatic rings. The van der Waals surface area contributed by atoms with Crippen molar-refractivity contribution in [3.05, 3.63) is 36.3 Å². The quantitative estimate of drug-likeness (QED) is 0.569. The topological polar surface area (TPSA) is 67.7 Å². The highest BCUT2D eigenvalue weighted by Gasteiger charge is 2.39. The van der Waals surface area contributed by atoms with Gasteiger partial charge in [-0.1, -0.05) is 0 Å². The highest BCUT2D eigenvalue weighted by Crippen LogP contribution is 2.40. The molecule has 0 saturated heterocycles. The Morgan fingerprint density at radius 2 is 2.00 bits per heavy atom. The van der Waals surface area contributed by atoms with Crippen molar-refractivity contribution < 1.29 is 22.0 Å². The molecule has 0 aliphatic heterocycles. The van der Waals surface area contributed by atoms with E-state index in [0.29, 0.717) is 11.6 Å². The summed E-state index contributed by atoms with van der Waals surface area (Å²) >= 11 is 0. The lowest BCUT2D eigenvalue weighted by Crippen LogP contribution is -2.20. The number of anilines is 3. The van der Waals surface area contributed by atoms with E-state index >= 15 is 0 Å². The molecule has 0 aromatic carbocycles. The van der Waals surface area contributed by atoms with Gasteiger partial charge in [0.1, 0.15) is 17.0 Å². The van der Waals surface area contributed by atoms with Crippen LogP contribution in [0.5, 0.6) is 0 Å². The number of halogens is 5. The summed E-state index contributed by atoms with van der Waals surface area (Å²) in [6, 6.07) is 3.16. The van der Waals surface area contributed by atoms with Gasteiger partial charge in [-0.05, 0) is 31.9 Å². The normalized spacial score (nSPS) is 15.7. The van der Waals surface area contributed by atoms with E-state index in [9.17, 15) is 22.0 Å². The molecular weight excluding hydrogens is 395 g/mol. The Bertz CT molecular complexity index is 1040. The van der Waals surface area contributed by atoms with Crippen molar-refractivity contribution in [1.82, 2.24) is 19.5 Å². The Hall–Kier alpha value is -2.98. The van der Waals surface area contributed by atoms with E-state index in [4.69, 9.17) is 0 Å². The summed E-state index contributed by atoms with van der Waals surface area (Å²) in [5.41, 5.74) is -0.847. The summed E-state index contributed by atoms with van der Waals surface area (Å²) in [6.07, 6.45) is -2.15. The van der Waals surface area contributed by atoms with Crippen molar-refractivity contribution in [3.8, 4) is 0 Å². The summed E-state index contributed by atoms with van der Waals surface area (Å²) < 4.78 is 67.3. The SMILES string of the molecule is CC1(Nc2ncc(C(F)(F)F)c(Nc3cn(CC(F)F)c4ncccc34)n2)CC1. The largest absolute Gasteiger partial charge is 0.421 e. The molecule has 3 aromatic heterocycles. The summed E-state index contributed by atoms with van der Waals surface area (Å²) in [7, 11) is 0. The van der Waals surface area contributed by atoms with Crippen LogP contribution in [-0.2, 0) is 12.7 Å². The van der Waals surface area contributed by atoms with Gasteiger partial charge < -0.3 is 15.2 Å². The zero-order valence-corrected chi connectivity index (χ0v) is 15.3. The molecule has 0 spiro atoms. The first-order chi connectivity index (χ1) is 13.6. The molecule has 1 saturated carbocycles. The standard InChI is InChI=1S/C18H17F5N6/c1-17(4-5-17)28-16-25-7-11(18(21,22)23)14(27-16)26-12-8-29(9-13(19)20)15-10(12)3-2-6-24-15/h2-3,6-8,13H,4-5,9H2,1H3,(H2,25,26,27,28).